The second-order valence-electron chi connectivity index (χ2n) is 4.30. The molecule has 0 unspecified atom stereocenters. The molecule has 0 radical (unpaired) electrons. The Morgan fingerprint density at radius 1 is 1.33 bits per heavy atom. The molecule has 112 valence electrons. The summed E-state index contributed by atoms with van der Waals surface area (Å²) in [4.78, 5) is 30.0. The van der Waals surface area contributed by atoms with Crippen LogP contribution in [0.15, 0.2) is 41.8 Å². The summed E-state index contributed by atoms with van der Waals surface area (Å²) in [7, 11) is -4.50. The predicted molar refractivity (Wildman–Crippen MR) is 79.0 cm³/mol. The molecule has 1 aromatic carbocycles. The van der Waals surface area contributed by atoms with Gasteiger partial charge >= 0.3 is 7.60 Å². The van der Waals surface area contributed by atoms with Crippen molar-refractivity contribution in [2.75, 3.05) is 0 Å². The molecule has 0 saturated carbocycles. The number of thiophene rings is 1. The third-order valence-corrected chi connectivity index (χ3v) is 4.81. The third kappa shape index (κ3) is 4.20. The first-order chi connectivity index (χ1) is 9.88. The molecule has 0 saturated heterocycles. The minimum Gasteiger partial charge on any atom is -0.323 e. The molecule has 21 heavy (non-hydrogen) atoms. The fourth-order valence-electron chi connectivity index (χ4n) is 1.85. The molecule has 0 fully saturated rings. The zero-order chi connectivity index (χ0) is 15.5. The van der Waals surface area contributed by atoms with Crippen LogP contribution < -0.4 is 5.32 Å². The van der Waals surface area contributed by atoms with Crippen LogP contribution in [0.1, 0.15) is 16.2 Å². The van der Waals surface area contributed by atoms with E-state index < -0.39 is 18.3 Å². The van der Waals surface area contributed by atoms with Gasteiger partial charge < -0.3 is 9.79 Å². The van der Waals surface area contributed by atoms with Crippen molar-refractivity contribution in [1.29, 1.82) is 0 Å². The number of nitrogens with one attached hydrogen (secondary N) is 1. The fraction of sp³-hybridized carbons (Fsp3) is 0.167. The van der Waals surface area contributed by atoms with Gasteiger partial charge in [0, 0.05) is 23.6 Å². The summed E-state index contributed by atoms with van der Waals surface area (Å²) < 4.78 is 11.6. The van der Waals surface area contributed by atoms with Crippen molar-refractivity contribution in [1.82, 2.24) is 5.32 Å². The first-order valence-electron chi connectivity index (χ1n) is 5.93. The highest BCUT2D eigenvalue weighted by Crippen LogP contribution is 2.50. The summed E-state index contributed by atoms with van der Waals surface area (Å²) in [6.07, 6.45) is 0. The van der Waals surface area contributed by atoms with Crippen molar-refractivity contribution in [2.45, 2.75) is 12.3 Å². The van der Waals surface area contributed by atoms with Gasteiger partial charge in [0.05, 0.1) is 4.92 Å². The van der Waals surface area contributed by atoms with E-state index in [4.69, 9.17) is 0 Å². The van der Waals surface area contributed by atoms with Gasteiger partial charge in [-0.1, -0.05) is 18.2 Å². The zero-order valence-corrected chi connectivity index (χ0v) is 12.5. The maximum absolute atomic E-state index is 11.6. The van der Waals surface area contributed by atoms with Gasteiger partial charge in [-0.15, -0.1) is 11.3 Å². The topological polar surface area (TPSA) is 113 Å². The molecule has 0 aliphatic rings. The molecule has 2 aromatic rings. The molecular weight excluding hydrogens is 315 g/mol. The van der Waals surface area contributed by atoms with Crippen LogP contribution in [0.2, 0.25) is 0 Å². The van der Waals surface area contributed by atoms with Gasteiger partial charge in [0.2, 0.25) is 0 Å². The highest BCUT2D eigenvalue weighted by molar-refractivity contribution is 7.52. The van der Waals surface area contributed by atoms with Gasteiger partial charge in [0.15, 0.2) is 0 Å². The quantitative estimate of drug-likeness (QED) is 0.427. The number of nitrogens with zero attached hydrogens (tertiary/aromatic N) is 1. The Kier molecular flexibility index (Phi) is 4.87. The lowest BCUT2D eigenvalue weighted by Gasteiger charge is -2.19. The number of non-ortho nitro benzene ring substituents is 1. The molecule has 3 N–H and O–H groups in total. The third-order valence-electron chi connectivity index (χ3n) is 2.78. The lowest BCUT2D eigenvalue weighted by Crippen LogP contribution is -2.20. The summed E-state index contributed by atoms with van der Waals surface area (Å²) in [5.74, 6) is -1.28. The highest BCUT2D eigenvalue weighted by Gasteiger charge is 2.31. The van der Waals surface area contributed by atoms with E-state index in [2.05, 4.69) is 5.32 Å². The first-order valence-corrected chi connectivity index (χ1v) is 8.49. The van der Waals surface area contributed by atoms with E-state index in [0.717, 1.165) is 4.88 Å². The average molecular weight is 328 g/mol. The average Bonchev–Trinajstić information content (AvgIpc) is 2.91. The lowest BCUT2D eigenvalue weighted by molar-refractivity contribution is -0.384. The minimum absolute atomic E-state index is 0.189. The molecule has 0 aliphatic carbocycles. The molecular formula is C12H13N2O5PS. The normalized spacial score (nSPS) is 13.0. The number of hydrogen-bond donors (Lipinski definition) is 3. The summed E-state index contributed by atoms with van der Waals surface area (Å²) in [5.41, 5.74) is -0.0158. The van der Waals surface area contributed by atoms with E-state index in [1.54, 1.807) is 0 Å². The zero-order valence-electron chi connectivity index (χ0n) is 10.7. The highest BCUT2D eigenvalue weighted by atomic mass is 32.1. The Morgan fingerprint density at radius 3 is 2.67 bits per heavy atom. The van der Waals surface area contributed by atoms with E-state index in [0.29, 0.717) is 0 Å². The van der Waals surface area contributed by atoms with Gasteiger partial charge in [-0.25, -0.2) is 0 Å². The molecule has 1 atom stereocenters. The molecule has 1 heterocycles. The number of benzene rings is 1. The molecule has 0 bridgehead atoms. The van der Waals surface area contributed by atoms with Gasteiger partial charge in [-0.3, -0.25) is 20.0 Å². The van der Waals surface area contributed by atoms with Gasteiger partial charge in [-0.05, 0) is 17.0 Å². The molecule has 1 aromatic heterocycles. The summed E-state index contributed by atoms with van der Waals surface area (Å²) in [6, 6.07) is 8.98. The van der Waals surface area contributed by atoms with Crippen molar-refractivity contribution in [2.24, 2.45) is 0 Å². The molecule has 2 rings (SSSR count). The van der Waals surface area contributed by atoms with Gasteiger partial charge in [0.1, 0.15) is 5.78 Å². The molecule has 7 nitrogen and oxygen atoms in total. The van der Waals surface area contributed by atoms with Crippen molar-refractivity contribution >= 4 is 24.6 Å². The predicted octanol–water partition coefficient (Wildman–Crippen LogP) is 2.62. The summed E-state index contributed by atoms with van der Waals surface area (Å²) in [5, 5.41) is 15.4. The smallest absolute Gasteiger partial charge is 0.323 e. The van der Waals surface area contributed by atoms with Crippen LogP contribution in [0.3, 0.4) is 0 Å². The lowest BCUT2D eigenvalue weighted by atomic mass is 10.2. The second kappa shape index (κ2) is 6.46. The SMILES string of the molecule is O=[N+]([O-])c1cccc([C@@H](NCc2cccs2)P(=O)(O)O)c1. The van der Waals surface area contributed by atoms with E-state index in [-0.39, 0.29) is 17.8 Å². The van der Waals surface area contributed by atoms with Crippen LogP contribution in [-0.2, 0) is 11.1 Å². The second-order valence-corrected chi connectivity index (χ2v) is 7.03. The maximum atomic E-state index is 11.6. The Labute approximate surface area is 124 Å². The number of hydrogen-bond acceptors (Lipinski definition) is 5. The number of nitro benzene ring substituents is 1. The Bertz CT molecular complexity index is 670. The van der Waals surface area contributed by atoms with Crippen LogP contribution in [0.5, 0.6) is 0 Å². The Balaban J connectivity index is 2.25. The van der Waals surface area contributed by atoms with Crippen LogP contribution >= 0.6 is 18.9 Å². The number of nitro groups is 1. The fourth-order valence-corrected chi connectivity index (χ4v) is 3.38. The maximum Gasteiger partial charge on any atom is 0.346 e. The molecule has 0 amide bonds. The van der Waals surface area contributed by atoms with Crippen molar-refractivity contribution in [3.8, 4) is 0 Å². The number of rotatable bonds is 6. The van der Waals surface area contributed by atoms with E-state index in [1.807, 2.05) is 17.5 Å². The Morgan fingerprint density at radius 2 is 2.10 bits per heavy atom. The molecule has 0 spiro atoms. The van der Waals surface area contributed by atoms with E-state index in [1.165, 1.54) is 35.6 Å². The van der Waals surface area contributed by atoms with Crippen LogP contribution in [0.4, 0.5) is 5.69 Å². The van der Waals surface area contributed by atoms with Crippen LogP contribution in [0.25, 0.3) is 0 Å². The summed E-state index contributed by atoms with van der Waals surface area (Å²) in [6.45, 7) is 0.274. The molecule has 0 aliphatic heterocycles. The summed E-state index contributed by atoms with van der Waals surface area (Å²) >= 11 is 1.46. The van der Waals surface area contributed by atoms with Gasteiger partial charge in [0.25, 0.3) is 5.69 Å². The van der Waals surface area contributed by atoms with Crippen LogP contribution in [-0.4, -0.2) is 14.7 Å². The van der Waals surface area contributed by atoms with Crippen LogP contribution in [0, 0.1) is 10.1 Å². The minimum atomic E-state index is -4.50. The van der Waals surface area contributed by atoms with Crippen molar-refractivity contribution in [3.63, 3.8) is 0 Å². The first kappa shape index (κ1) is 15.8. The van der Waals surface area contributed by atoms with E-state index in [9.17, 15) is 24.5 Å². The Hall–Kier alpha value is -1.57. The van der Waals surface area contributed by atoms with E-state index >= 15 is 0 Å². The monoisotopic (exact) mass is 328 g/mol. The van der Waals surface area contributed by atoms with Crippen molar-refractivity contribution in [3.05, 3.63) is 62.3 Å². The molecule has 9 heteroatoms. The largest absolute Gasteiger partial charge is 0.346 e. The standard InChI is InChI=1S/C12H13N2O5PS/c15-14(16)10-4-1-3-9(7-10)12(20(17,18)19)13-8-11-5-2-6-21-11/h1-7,12-13H,8H2,(H2,17,18,19)/t12-/m0/s1. The van der Waals surface area contributed by atoms with Gasteiger partial charge in [-0.2, -0.15) is 0 Å². The van der Waals surface area contributed by atoms with Crippen molar-refractivity contribution < 1.29 is 19.3 Å².